The first kappa shape index (κ1) is 67.5. The van der Waals surface area contributed by atoms with E-state index in [1.165, 1.54) is 47.5 Å². The van der Waals surface area contributed by atoms with Crippen LogP contribution in [0.1, 0.15) is 39.9 Å². The number of nitrogens with one attached hydrogen (secondary N) is 6. The lowest BCUT2D eigenvalue weighted by atomic mass is 10.0. The lowest BCUT2D eigenvalue weighted by Crippen LogP contribution is -2.43. The van der Waals surface area contributed by atoms with Crippen LogP contribution >= 0.6 is 0 Å². The lowest BCUT2D eigenvalue weighted by Gasteiger charge is -2.29. The van der Waals surface area contributed by atoms with Gasteiger partial charge in [-0.1, -0.05) is 18.2 Å². The molecule has 2 amide bonds. The number of piperazine rings is 2. The van der Waals surface area contributed by atoms with Crippen LogP contribution in [-0.2, 0) is 9.53 Å². The highest BCUT2D eigenvalue weighted by atomic mass is 19.1. The average Bonchev–Trinajstić information content (AvgIpc) is 1.63. The SMILES string of the molecule is O=C(NC1CCNCC1)c1ccc2c(c1)C(=C1C=C(F)C=CN1O)N=N2.O=C(NCCN1CCOCC1)C1=CC(=C2N=Nc3ccccc32)N(O)C=C1.O=c1[nH]c2ccc(N3CCNCC3)cc2n1-c1ccc(F)c[n+]1[O-].ON1C=CC(F)=CC1=C1N=Nc2ccc(N3CCNCC3)cc21. The van der Waals surface area contributed by atoms with Crippen molar-refractivity contribution in [2.24, 2.45) is 30.7 Å². The smallest absolute Gasteiger partial charge is 0.418 e. The van der Waals surface area contributed by atoms with Crippen molar-refractivity contribution in [3.8, 4) is 5.82 Å². The Morgan fingerprint density at radius 3 is 1.79 bits per heavy atom. The van der Waals surface area contributed by atoms with Crippen LogP contribution in [0.15, 0.2) is 222 Å². The summed E-state index contributed by atoms with van der Waals surface area (Å²) >= 11 is 0. The number of rotatable bonds is 9. The maximum absolute atomic E-state index is 13.6. The summed E-state index contributed by atoms with van der Waals surface area (Å²) in [6.45, 7) is 13.7. The highest BCUT2D eigenvalue weighted by Crippen LogP contribution is 2.43. The molecule has 31 heteroatoms. The average molecular weight is 1370 g/mol. The molecule has 0 unspecified atom stereocenters. The Kier molecular flexibility index (Phi) is 20.8. The van der Waals surface area contributed by atoms with Crippen molar-refractivity contribution in [3.05, 3.63) is 230 Å². The second kappa shape index (κ2) is 30.8. The van der Waals surface area contributed by atoms with E-state index in [4.69, 9.17) is 4.74 Å². The molecule has 0 bridgehead atoms. The van der Waals surface area contributed by atoms with E-state index < -0.39 is 23.2 Å². The molecular weight excluding hydrogens is 1290 g/mol. The van der Waals surface area contributed by atoms with Gasteiger partial charge in [0.2, 0.25) is 0 Å². The van der Waals surface area contributed by atoms with Gasteiger partial charge in [-0.15, -0.1) is 35.3 Å². The van der Waals surface area contributed by atoms with E-state index in [0.29, 0.717) is 67.5 Å². The minimum Gasteiger partial charge on any atom is -0.710 e. The van der Waals surface area contributed by atoms with Crippen molar-refractivity contribution < 1.29 is 47.8 Å². The Balaban J connectivity index is 0.000000120. The third-order valence-electron chi connectivity index (χ3n) is 17.6. The Hall–Kier alpha value is -11.0. The van der Waals surface area contributed by atoms with Crippen LogP contribution in [0, 0.1) is 11.0 Å². The molecule has 4 fully saturated rings. The number of hydroxylamine groups is 6. The van der Waals surface area contributed by atoms with Gasteiger partial charge >= 0.3 is 5.69 Å². The number of carbonyl (C=O) groups is 2. The second-order valence-corrected chi connectivity index (χ2v) is 24.1. The zero-order chi connectivity index (χ0) is 69.2. The number of H-pyrrole nitrogens is 1. The minimum atomic E-state index is -0.650. The number of nitrogens with zero attached hydrogens (tertiary/aromatic N) is 14. The maximum Gasteiger partial charge on any atom is 0.418 e. The fourth-order valence-corrected chi connectivity index (χ4v) is 12.3. The normalized spacial score (nSPS) is 20.7. The fourth-order valence-electron chi connectivity index (χ4n) is 12.3. The van der Waals surface area contributed by atoms with E-state index in [0.717, 1.165) is 179 Å². The number of hydrogen-bond donors (Lipinski definition) is 9. The monoisotopic (exact) mass is 1360 g/mol. The van der Waals surface area contributed by atoms with E-state index in [2.05, 4.69) is 77.0 Å². The molecule has 100 heavy (non-hydrogen) atoms. The Morgan fingerprint density at radius 2 is 1.15 bits per heavy atom. The van der Waals surface area contributed by atoms with Gasteiger partial charge in [0.05, 0.1) is 52.9 Å². The number of fused-ring (bicyclic) bond motifs is 4. The van der Waals surface area contributed by atoms with Crippen molar-refractivity contribution in [2.45, 2.75) is 18.9 Å². The molecule has 0 aliphatic carbocycles. The molecule has 0 saturated carbocycles. The van der Waals surface area contributed by atoms with Crippen LogP contribution in [0.3, 0.4) is 0 Å². The summed E-state index contributed by atoms with van der Waals surface area (Å²) in [4.78, 5) is 46.8. The van der Waals surface area contributed by atoms with E-state index in [9.17, 15) is 48.4 Å². The van der Waals surface area contributed by atoms with Crippen LogP contribution in [0.4, 0.5) is 41.6 Å². The largest absolute Gasteiger partial charge is 0.710 e. The molecule has 4 aromatic carbocycles. The molecule has 10 aliphatic heterocycles. The molecule has 10 aliphatic rings. The summed E-state index contributed by atoms with van der Waals surface area (Å²) in [5.74, 6) is -1.87. The molecule has 516 valence electrons. The predicted octanol–water partition coefficient (Wildman–Crippen LogP) is 8.49. The van der Waals surface area contributed by atoms with Crippen LogP contribution < -0.4 is 46.8 Å². The van der Waals surface area contributed by atoms with E-state index in [1.807, 2.05) is 60.7 Å². The van der Waals surface area contributed by atoms with E-state index in [-0.39, 0.29) is 35.1 Å². The van der Waals surface area contributed by atoms with Gasteiger partial charge in [-0.25, -0.2) is 37.9 Å². The van der Waals surface area contributed by atoms with E-state index >= 15 is 0 Å². The molecule has 0 atom stereocenters. The summed E-state index contributed by atoms with van der Waals surface area (Å²) < 4.78 is 47.2. The number of benzene rings is 4. The number of halogens is 3. The quantitative estimate of drug-likeness (QED) is 0.0484. The predicted molar refractivity (Wildman–Crippen MR) is 365 cm³/mol. The van der Waals surface area contributed by atoms with Crippen molar-refractivity contribution in [1.82, 2.24) is 56.2 Å². The van der Waals surface area contributed by atoms with Crippen molar-refractivity contribution in [3.63, 3.8) is 0 Å². The number of imidazole rings is 1. The number of ether oxygens (including phenoxy) is 1. The summed E-state index contributed by atoms with van der Waals surface area (Å²) in [5.41, 5.74) is 10.2. The lowest BCUT2D eigenvalue weighted by molar-refractivity contribution is -0.601. The van der Waals surface area contributed by atoms with Gasteiger partial charge in [-0.3, -0.25) is 35.1 Å². The van der Waals surface area contributed by atoms with Gasteiger partial charge in [0.25, 0.3) is 17.6 Å². The molecule has 12 heterocycles. The number of allylic oxidation sites excluding steroid dienone is 7. The number of piperidine rings is 1. The molecule has 6 aromatic rings. The first-order chi connectivity index (χ1) is 48.7. The zero-order valence-corrected chi connectivity index (χ0v) is 54.0. The molecular formula is C69H71F3N20O8. The number of hydrogen-bond acceptors (Lipinski definition) is 23. The van der Waals surface area contributed by atoms with Gasteiger partial charge in [-0.2, -0.15) is 0 Å². The first-order valence-corrected chi connectivity index (χ1v) is 32.7. The summed E-state index contributed by atoms with van der Waals surface area (Å²) in [6, 6.07) is 26.8. The molecule has 2 aromatic heterocycles. The highest BCUT2D eigenvalue weighted by molar-refractivity contribution is 5.98. The topological polar surface area (TPSA) is 323 Å². The highest BCUT2D eigenvalue weighted by Gasteiger charge is 2.29. The van der Waals surface area contributed by atoms with Crippen LogP contribution in [-0.4, -0.2) is 168 Å². The summed E-state index contributed by atoms with van der Waals surface area (Å²) in [5, 5.41) is 85.2. The van der Waals surface area contributed by atoms with Crippen molar-refractivity contribution in [1.29, 1.82) is 0 Å². The number of azo groups is 3. The van der Waals surface area contributed by atoms with Gasteiger partial charge in [0, 0.05) is 167 Å². The van der Waals surface area contributed by atoms with Gasteiger partial charge in [0.15, 0.2) is 11.3 Å². The number of morpholine rings is 1. The number of anilines is 2. The van der Waals surface area contributed by atoms with Crippen molar-refractivity contribution in [2.75, 3.05) is 115 Å². The van der Waals surface area contributed by atoms with Crippen LogP contribution in [0.5, 0.6) is 0 Å². The molecule has 4 saturated heterocycles. The third-order valence-corrected chi connectivity index (χ3v) is 17.6. The number of pyridine rings is 1. The molecule has 0 radical (unpaired) electrons. The van der Waals surface area contributed by atoms with Gasteiger partial charge in [0.1, 0.15) is 34.9 Å². The zero-order valence-electron chi connectivity index (χ0n) is 54.0. The summed E-state index contributed by atoms with van der Waals surface area (Å²) in [7, 11) is 0. The Morgan fingerprint density at radius 1 is 0.600 bits per heavy atom. The minimum absolute atomic E-state index is 0.0603. The summed E-state index contributed by atoms with van der Waals surface area (Å²) in [6.07, 6.45) is 14.4. The standard InChI is InChI=1S/C19H21N5O3.C18H18FN5O2.C16H16FN5O2.C16H16FN5O/c25-19(20-6-8-23-9-11-27-12-10-23)14-5-7-24(26)17(13-14)18-15-3-1-2-4-16(15)21-22-18;19-12-5-8-24(26)16(10-12)17-14-9-11(1-2-15(14)22-23-17)18(25)21-13-3-6-20-7-4-13;17-11-1-4-15(21(24)10-11)22-14-9-12(20-7-5-18-6-8-20)2-3-13(14)19-16(22)23;17-11-3-6-22(23)15(9-11)16-13-10-12(1-2-14(13)19-20-16)21-7-4-18-5-8-21/h1-5,7,13,26H,6,8-12H2,(H,20,25);1-2,5,8-10,13,20,26H,3-4,6-7H2,(H,21,25);1-4,9-10,18H,5-8H2,(H,19,23);1-3,6,9-10,18,23H,4-5,7-8H2. The number of aromatic nitrogens is 3. The number of aromatic amines is 1. The molecule has 16 rings (SSSR count). The molecule has 9 N–H and O–H groups in total. The fraction of sp³-hybridized carbons (Fsp3) is 0.275. The Labute approximate surface area is 570 Å². The van der Waals surface area contributed by atoms with Gasteiger partial charge in [-0.05, 0) is 111 Å². The molecule has 0 spiro atoms. The van der Waals surface area contributed by atoms with Crippen LogP contribution in [0.2, 0.25) is 0 Å². The van der Waals surface area contributed by atoms with Crippen LogP contribution in [0.25, 0.3) is 33.9 Å². The second-order valence-electron chi connectivity index (χ2n) is 24.1. The molecule has 28 nitrogen and oxygen atoms in total. The number of carbonyl (C=O) groups excluding carboxylic acids is 2. The van der Waals surface area contributed by atoms with Gasteiger partial charge < -0.3 is 46.3 Å². The van der Waals surface area contributed by atoms with E-state index in [1.54, 1.807) is 30.4 Å². The Bertz CT molecular complexity index is 4590. The third kappa shape index (κ3) is 15.5. The maximum atomic E-state index is 13.6. The first-order valence-electron chi connectivity index (χ1n) is 32.7. The van der Waals surface area contributed by atoms with Crippen molar-refractivity contribution >= 4 is 68.4 Å². The number of amides is 2.